The van der Waals surface area contributed by atoms with Crippen molar-refractivity contribution in [1.82, 2.24) is 5.32 Å². The first-order valence-electron chi connectivity index (χ1n) is 8.01. The second-order valence-corrected chi connectivity index (χ2v) is 5.76. The number of carboxylic acid groups (broad SMARTS) is 2. The second kappa shape index (κ2) is 11.6. The quantitative estimate of drug-likeness (QED) is 0.443. The fraction of sp³-hybridized carbons (Fsp3) is 0.750. The largest absolute Gasteiger partial charge is 0.481 e. The number of unbranched alkanes of at least 4 members (excludes halogenated alkanes) is 1. The van der Waals surface area contributed by atoms with E-state index in [0.29, 0.717) is 32.2 Å². The summed E-state index contributed by atoms with van der Waals surface area (Å²) in [6, 6.07) is 0. The lowest BCUT2D eigenvalue weighted by atomic mass is 9.93. The normalized spacial score (nSPS) is 13.1. The molecule has 0 bridgehead atoms. The maximum atomic E-state index is 11.8. The van der Waals surface area contributed by atoms with Crippen molar-refractivity contribution in [2.24, 2.45) is 11.8 Å². The number of Topliss-reactive ketones (excluding diaryl/α,β-unsaturated/α-hetero) is 1. The predicted molar refractivity (Wildman–Crippen MR) is 83.9 cm³/mol. The van der Waals surface area contributed by atoms with Gasteiger partial charge in [0.05, 0.1) is 11.8 Å². The topological polar surface area (TPSA) is 121 Å². The van der Waals surface area contributed by atoms with E-state index in [-0.39, 0.29) is 31.0 Å². The molecule has 23 heavy (non-hydrogen) atoms. The molecule has 0 aromatic heterocycles. The van der Waals surface area contributed by atoms with Gasteiger partial charge in [0.1, 0.15) is 5.78 Å². The van der Waals surface area contributed by atoms with Crippen LogP contribution in [0.4, 0.5) is 0 Å². The van der Waals surface area contributed by atoms with Crippen LogP contribution in [0.25, 0.3) is 0 Å². The molecular formula is C16H27NO6. The van der Waals surface area contributed by atoms with E-state index >= 15 is 0 Å². The number of carboxylic acids is 2. The van der Waals surface area contributed by atoms with Gasteiger partial charge in [-0.1, -0.05) is 20.3 Å². The Hall–Kier alpha value is -1.92. The summed E-state index contributed by atoms with van der Waals surface area (Å²) in [6.07, 6.45) is 2.31. The predicted octanol–water partition coefficient (Wildman–Crippen LogP) is 1.84. The fourth-order valence-corrected chi connectivity index (χ4v) is 2.06. The summed E-state index contributed by atoms with van der Waals surface area (Å²) in [4.78, 5) is 44.7. The third-order valence-electron chi connectivity index (χ3n) is 3.72. The fourth-order valence-electron chi connectivity index (χ4n) is 2.06. The Morgan fingerprint density at radius 3 is 2.17 bits per heavy atom. The van der Waals surface area contributed by atoms with Crippen LogP contribution in [0.5, 0.6) is 0 Å². The van der Waals surface area contributed by atoms with Crippen molar-refractivity contribution in [2.75, 3.05) is 6.54 Å². The van der Waals surface area contributed by atoms with Gasteiger partial charge in [0.15, 0.2) is 0 Å². The maximum Gasteiger partial charge on any atom is 0.306 e. The number of aliphatic carboxylic acids is 2. The van der Waals surface area contributed by atoms with Crippen LogP contribution in [0, 0.1) is 11.8 Å². The van der Waals surface area contributed by atoms with Crippen molar-refractivity contribution >= 4 is 23.6 Å². The van der Waals surface area contributed by atoms with Gasteiger partial charge in [-0.2, -0.15) is 0 Å². The summed E-state index contributed by atoms with van der Waals surface area (Å²) < 4.78 is 0. The van der Waals surface area contributed by atoms with Crippen LogP contribution in [0.3, 0.4) is 0 Å². The Bertz CT molecular complexity index is 421. The highest BCUT2D eigenvalue weighted by Gasteiger charge is 2.21. The Labute approximate surface area is 136 Å². The Balaban J connectivity index is 4.06. The number of carbonyl (C=O) groups excluding carboxylic acids is 2. The number of carbonyl (C=O) groups is 4. The number of rotatable bonds is 13. The van der Waals surface area contributed by atoms with Gasteiger partial charge in [-0.05, 0) is 19.3 Å². The highest BCUT2D eigenvalue weighted by molar-refractivity contribution is 5.84. The summed E-state index contributed by atoms with van der Waals surface area (Å²) in [6.45, 7) is 3.78. The van der Waals surface area contributed by atoms with E-state index in [4.69, 9.17) is 10.2 Å². The van der Waals surface area contributed by atoms with E-state index in [1.165, 1.54) is 6.92 Å². The summed E-state index contributed by atoms with van der Waals surface area (Å²) >= 11 is 0. The molecule has 0 spiro atoms. The van der Waals surface area contributed by atoms with Crippen LogP contribution >= 0.6 is 0 Å². The summed E-state index contributed by atoms with van der Waals surface area (Å²) in [7, 11) is 0. The lowest BCUT2D eigenvalue weighted by Gasteiger charge is -2.12. The van der Waals surface area contributed by atoms with Crippen molar-refractivity contribution in [2.45, 2.75) is 58.8 Å². The molecule has 0 aromatic rings. The van der Waals surface area contributed by atoms with Crippen molar-refractivity contribution in [3.05, 3.63) is 0 Å². The zero-order valence-electron chi connectivity index (χ0n) is 13.8. The van der Waals surface area contributed by atoms with E-state index in [0.717, 1.165) is 0 Å². The highest BCUT2D eigenvalue weighted by atomic mass is 16.4. The molecule has 2 unspecified atom stereocenters. The van der Waals surface area contributed by atoms with E-state index in [9.17, 15) is 19.2 Å². The molecular weight excluding hydrogens is 302 g/mol. The first kappa shape index (κ1) is 21.1. The van der Waals surface area contributed by atoms with E-state index < -0.39 is 23.8 Å². The van der Waals surface area contributed by atoms with E-state index in [1.54, 1.807) is 6.92 Å². The molecule has 0 aliphatic rings. The van der Waals surface area contributed by atoms with Crippen molar-refractivity contribution < 1.29 is 29.4 Å². The van der Waals surface area contributed by atoms with E-state index in [1.807, 2.05) is 0 Å². The first-order valence-corrected chi connectivity index (χ1v) is 8.01. The van der Waals surface area contributed by atoms with Gasteiger partial charge in [-0.25, -0.2) is 0 Å². The van der Waals surface area contributed by atoms with Gasteiger partial charge in [-0.3, -0.25) is 19.2 Å². The molecule has 7 nitrogen and oxygen atoms in total. The average Bonchev–Trinajstić information content (AvgIpc) is 2.50. The third kappa shape index (κ3) is 10.4. The number of nitrogens with one attached hydrogen (secondary N) is 1. The molecule has 1 amide bonds. The van der Waals surface area contributed by atoms with Gasteiger partial charge in [0.2, 0.25) is 5.91 Å². The van der Waals surface area contributed by atoms with E-state index in [2.05, 4.69) is 5.32 Å². The zero-order valence-corrected chi connectivity index (χ0v) is 13.8. The summed E-state index contributed by atoms with van der Waals surface area (Å²) in [5.41, 5.74) is 0. The first-order chi connectivity index (χ1) is 10.8. The Morgan fingerprint density at radius 1 is 1.00 bits per heavy atom. The number of hydrogen-bond donors (Lipinski definition) is 3. The zero-order chi connectivity index (χ0) is 17.8. The monoisotopic (exact) mass is 329 g/mol. The SMILES string of the molecule is CCC(=O)NCCCCC(CC(=O)CCC(C)C(=O)O)C(=O)O. The number of amides is 1. The molecule has 0 saturated carbocycles. The van der Waals surface area contributed by atoms with Gasteiger partial charge >= 0.3 is 11.9 Å². The number of hydrogen-bond acceptors (Lipinski definition) is 4. The summed E-state index contributed by atoms with van der Waals surface area (Å²) in [5.74, 6) is -3.58. The lowest BCUT2D eigenvalue weighted by Crippen LogP contribution is -2.24. The Kier molecular flexibility index (Phi) is 10.7. The minimum Gasteiger partial charge on any atom is -0.481 e. The van der Waals surface area contributed by atoms with Crippen molar-refractivity contribution in [3.63, 3.8) is 0 Å². The van der Waals surface area contributed by atoms with Crippen LogP contribution in [-0.2, 0) is 19.2 Å². The lowest BCUT2D eigenvalue weighted by molar-refractivity contribution is -0.144. The molecule has 0 aliphatic heterocycles. The molecule has 0 aromatic carbocycles. The molecule has 0 fully saturated rings. The van der Waals surface area contributed by atoms with Crippen LogP contribution in [0.2, 0.25) is 0 Å². The molecule has 0 heterocycles. The van der Waals surface area contributed by atoms with Crippen LogP contribution in [0.15, 0.2) is 0 Å². The van der Waals surface area contributed by atoms with Crippen LogP contribution in [-0.4, -0.2) is 40.4 Å². The van der Waals surface area contributed by atoms with Crippen LogP contribution in [0.1, 0.15) is 58.8 Å². The van der Waals surface area contributed by atoms with Crippen LogP contribution < -0.4 is 5.32 Å². The minimum atomic E-state index is -1.01. The average molecular weight is 329 g/mol. The van der Waals surface area contributed by atoms with Gasteiger partial charge in [0, 0.05) is 25.8 Å². The third-order valence-corrected chi connectivity index (χ3v) is 3.72. The minimum absolute atomic E-state index is 0.0393. The maximum absolute atomic E-state index is 11.8. The molecule has 2 atom stereocenters. The molecule has 0 aliphatic carbocycles. The number of ketones is 1. The molecule has 7 heteroatoms. The molecule has 0 rings (SSSR count). The molecule has 3 N–H and O–H groups in total. The highest BCUT2D eigenvalue weighted by Crippen LogP contribution is 2.16. The molecule has 0 saturated heterocycles. The molecule has 0 radical (unpaired) electrons. The standard InChI is InChI=1S/C16H27NO6/c1-3-14(19)17-9-5-4-6-12(16(22)23)10-13(18)8-7-11(2)15(20)21/h11-12H,3-10H2,1-2H3,(H,17,19)(H,20,21)(H,22,23). The smallest absolute Gasteiger partial charge is 0.306 e. The van der Waals surface area contributed by atoms with Crippen molar-refractivity contribution in [1.29, 1.82) is 0 Å². The van der Waals surface area contributed by atoms with Gasteiger partial charge in [0.25, 0.3) is 0 Å². The Morgan fingerprint density at radius 2 is 1.65 bits per heavy atom. The second-order valence-electron chi connectivity index (χ2n) is 5.76. The van der Waals surface area contributed by atoms with Gasteiger partial charge in [-0.15, -0.1) is 0 Å². The molecule has 132 valence electrons. The van der Waals surface area contributed by atoms with Gasteiger partial charge < -0.3 is 15.5 Å². The summed E-state index contributed by atoms with van der Waals surface area (Å²) in [5, 5.41) is 20.6. The van der Waals surface area contributed by atoms with Crippen molar-refractivity contribution in [3.8, 4) is 0 Å².